The van der Waals surface area contributed by atoms with Crippen LogP contribution in [-0.2, 0) is 0 Å². The van der Waals surface area contributed by atoms with Gasteiger partial charge in [-0.2, -0.15) is 0 Å². The lowest BCUT2D eigenvalue weighted by Gasteiger charge is -2.15. The summed E-state index contributed by atoms with van der Waals surface area (Å²) in [6, 6.07) is 7.81. The summed E-state index contributed by atoms with van der Waals surface area (Å²) >= 11 is 0. The topological polar surface area (TPSA) is 38.7 Å². The fourth-order valence-corrected chi connectivity index (χ4v) is 1.89. The summed E-state index contributed by atoms with van der Waals surface area (Å²) in [6.07, 6.45) is -1.24. The lowest BCUT2D eigenvalue weighted by molar-refractivity contribution is 0.213. The van der Waals surface area contributed by atoms with E-state index < -0.39 is 17.7 Å². The SMILES string of the molecule is COc1cc(OC)cc(C(O)c2ccc(F)cc2F)c1. The Morgan fingerprint density at radius 2 is 1.55 bits per heavy atom. The first-order chi connectivity index (χ1) is 9.55. The van der Waals surface area contributed by atoms with Gasteiger partial charge in [-0.15, -0.1) is 0 Å². The molecule has 2 aromatic carbocycles. The number of rotatable bonds is 4. The monoisotopic (exact) mass is 280 g/mol. The third-order valence-corrected chi connectivity index (χ3v) is 2.95. The number of hydrogen-bond acceptors (Lipinski definition) is 3. The minimum atomic E-state index is -1.24. The lowest BCUT2D eigenvalue weighted by Crippen LogP contribution is -2.04. The minimum Gasteiger partial charge on any atom is -0.497 e. The molecule has 0 bridgehead atoms. The number of ether oxygens (including phenoxy) is 2. The quantitative estimate of drug-likeness (QED) is 0.935. The fraction of sp³-hybridized carbons (Fsp3) is 0.200. The molecule has 106 valence electrons. The van der Waals surface area contributed by atoms with Gasteiger partial charge in [0.25, 0.3) is 0 Å². The van der Waals surface area contributed by atoms with E-state index in [0.717, 1.165) is 12.1 Å². The third kappa shape index (κ3) is 2.88. The van der Waals surface area contributed by atoms with E-state index in [4.69, 9.17) is 9.47 Å². The first-order valence-electron chi connectivity index (χ1n) is 5.91. The first kappa shape index (κ1) is 14.3. The van der Waals surface area contributed by atoms with Gasteiger partial charge in [0.15, 0.2) is 0 Å². The van der Waals surface area contributed by atoms with Crippen LogP contribution >= 0.6 is 0 Å². The predicted molar refractivity (Wildman–Crippen MR) is 70.0 cm³/mol. The zero-order valence-electron chi connectivity index (χ0n) is 11.1. The second kappa shape index (κ2) is 5.88. The fourth-order valence-electron chi connectivity index (χ4n) is 1.89. The number of halogens is 2. The van der Waals surface area contributed by atoms with E-state index in [2.05, 4.69) is 0 Å². The Kier molecular flexibility index (Phi) is 4.20. The molecule has 2 aromatic rings. The summed E-state index contributed by atoms with van der Waals surface area (Å²) in [5, 5.41) is 10.2. The highest BCUT2D eigenvalue weighted by Crippen LogP contribution is 2.31. The molecule has 0 radical (unpaired) electrons. The molecule has 1 N–H and O–H groups in total. The molecule has 0 aromatic heterocycles. The van der Waals surface area contributed by atoms with Gasteiger partial charge >= 0.3 is 0 Å². The van der Waals surface area contributed by atoms with E-state index >= 15 is 0 Å². The molecule has 0 saturated carbocycles. The molecule has 1 atom stereocenters. The molecule has 0 spiro atoms. The highest BCUT2D eigenvalue weighted by atomic mass is 19.1. The number of methoxy groups -OCH3 is 2. The van der Waals surface area contributed by atoms with Crippen LogP contribution in [0.2, 0.25) is 0 Å². The van der Waals surface area contributed by atoms with Gasteiger partial charge < -0.3 is 14.6 Å². The maximum Gasteiger partial charge on any atom is 0.132 e. The Morgan fingerprint density at radius 1 is 0.950 bits per heavy atom. The van der Waals surface area contributed by atoms with Crippen molar-refractivity contribution < 1.29 is 23.4 Å². The molecule has 5 heteroatoms. The Hall–Kier alpha value is -2.14. The summed E-state index contributed by atoms with van der Waals surface area (Å²) in [5.41, 5.74) is 0.383. The van der Waals surface area contributed by atoms with Gasteiger partial charge in [0.1, 0.15) is 29.2 Å². The molecule has 2 rings (SSSR count). The van der Waals surface area contributed by atoms with E-state index in [1.54, 1.807) is 18.2 Å². The lowest BCUT2D eigenvalue weighted by atomic mass is 10.0. The largest absolute Gasteiger partial charge is 0.497 e. The van der Waals surface area contributed by atoms with Crippen LogP contribution in [0.15, 0.2) is 36.4 Å². The van der Waals surface area contributed by atoms with Crippen molar-refractivity contribution in [2.75, 3.05) is 14.2 Å². The van der Waals surface area contributed by atoms with Crippen molar-refractivity contribution in [3.63, 3.8) is 0 Å². The van der Waals surface area contributed by atoms with Gasteiger partial charge in [-0.05, 0) is 23.8 Å². The zero-order valence-corrected chi connectivity index (χ0v) is 11.1. The van der Waals surface area contributed by atoms with E-state index in [1.165, 1.54) is 20.3 Å². The molecule has 0 heterocycles. The van der Waals surface area contributed by atoms with Gasteiger partial charge in [-0.25, -0.2) is 8.78 Å². The minimum absolute atomic E-state index is 0.0123. The van der Waals surface area contributed by atoms with Crippen molar-refractivity contribution in [2.24, 2.45) is 0 Å². The number of hydrogen-bond donors (Lipinski definition) is 1. The van der Waals surface area contributed by atoms with Crippen LogP contribution in [0, 0.1) is 11.6 Å². The average molecular weight is 280 g/mol. The summed E-state index contributed by atoms with van der Waals surface area (Å²) in [5.74, 6) is -0.553. The summed E-state index contributed by atoms with van der Waals surface area (Å²) in [4.78, 5) is 0. The van der Waals surface area contributed by atoms with Crippen LogP contribution in [0.5, 0.6) is 11.5 Å². The number of aliphatic hydroxyl groups excluding tert-OH is 1. The summed E-state index contributed by atoms with van der Waals surface area (Å²) in [7, 11) is 2.95. The third-order valence-electron chi connectivity index (χ3n) is 2.95. The van der Waals surface area contributed by atoms with Crippen LogP contribution in [0.4, 0.5) is 8.78 Å². The van der Waals surface area contributed by atoms with Crippen molar-refractivity contribution in [1.82, 2.24) is 0 Å². The second-order valence-corrected chi connectivity index (χ2v) is 4.21. The number of aliphatic hydroxyl groups is 1. The van der Waals surface area contributed by atoms with Crippen molar-refractivity contribution in [1.29, 1.82) is 0 Å². The molecule has 3 nitrogen and oxygen atoms in total. The van der Waals surface area contributed by atoms with Crippen LogP contribution in [-0.4, -0.2) is 19.3 Å². The maximum absolute atomic E-state index is 13.7. The van der Waals surface area contributed by atoms with E-state index in [0.29, 0.717) is 17.1 Å². The standard InChI is InChI=1S/C15H14F2O3/c1-19-11-5-9(6-12(8-11)20-2)15(18)13-4-3-10(16)7-14(13)17/h3-8,15,18H,1-2H3. The Morgan fingerprint density at radius 3 is 2.05 bits per heavy atom. The number of benzene rings is 2. The molecular formula is C15H14F2O3. The zero-order chi connectivity index (χ0) is 14.7. The molecule has 0 saturated heterocycles. The van der Waals surface area contributed by atoms with Crippen LogP contribution < -0.4 is 9.47 Å². The second-order valence-electron chi connectivity index (χ2n) is 4.21. The normalized spacial score (nSPS) is 12.1. The Bertz CT molecular complexity index is 592. The van der Waals surface area contributed by atoms with Crippen LogP contribution in [0.3, 0.4) is 0 Å². The predicted octanol–water partition coefficient (Wildman–Crippen LogP) is 3.06. The Balaban J connectivity index is 2.44. The van der Waals surface area contributed by atoms with Gasteiger partial charge in [0.05, 0.1) is 14.2 Å². The molecule has 0 aliphatic heterocycles. The molecule has 0 aliphatic rings. The van der Waals surface area contributed by atoms with Crippen molar-refractivity contribution in [3.8, 4) is 11.5 Å². The molecular weight excluding hydrogens is 266 g/mol. The molecule has 1 unspecified atom stereocenters. The van der Waals surface area contributed by atoms with Crippen molar-refractivity contribution >= 4 is 0 Å². The van der Waals surface area contributed by atoms with Gasteiger partial charge in [-0.3, -0.25) is 0 Å². The van der Waals surface area contributed by atoms with Gasteiger partial charge in [0, 0.05) is 17.7 Å². The van der Waals surface area contributed by atoms with Gasteiger partial charge in [0.2, 0.25) is 0 Å². The first-order valence-corrected chi connectivity index (χ1v) is 5.91. The summed E-state index contributed by atoms with van der Waals surface area (Å²) in [6.45, 7) is 0. The molecule has 20 heavy (non-hydrogen) atoms. The maximum atomic E-state index is 13.7. The highest BCUT2D eigenvalue weighted by Gasteiger charge is 2.17. The van der Waals surface area contributed by atoms with Crippen molar-refractivity contribution in [3.05, 3.63) is 59.2 Å². The van der Waals surface area contributed by atoms with E-state index in [1.807, 2.05) is 0 Å². The van der Waals surface area contributed by atoms with Crippen LogP contribution in [0.1, 0.15) is 17.2 Å². The van der Waals surface area contributed by atoms with Crippen molar-refractivity contribution in [2.45, 2.75) is 6.10 Å². The van der Waals surface area contributed by atoms with Crippen LogP contribution in [0.25, 0.3) is 0 Å². The van der Waals surface area contributed by atoms with E-state index in [9.17, 15) is 13.9 Å². The Labute approximate surface area is 115 Å². The average Bonchev–Trinajstić information content (AvgIpc) is 2.46. The smallest absolute Gasteiger partial charge is 0.132 e. The summed E-state index contributed by atoms with van der Waals surface area (Å²) < 4.78 is 36.8. The molecule has 0 amide bonds. The highest BCUT2D eigenvalue weighted by molar-refractivity contribution is 5.42. The molecule has 0 fully saturated rings. The van der Waals surface area contributed by atoms with Gasteiger partial charge in [-0.1, -0.05) is 6.07 Å². The van der Waals surface area contributed by atoms with E-state index in [-0.39, 0.29) is 5.56 Å². The molecule has 0 aliphatic carbocycles.